The van der Waals surface area contributed by atoms with E-state index >= 15 is 0 Å². The topological polar surface area (TPSA) is 15.3 Å². The molecule has 0 saturated carbocycles. The van der Waals surface area contributed by atoms with E-state index in [2.05, 4.69) is 32.0 Å². The Kier molecular flexibility index (Phi) is 2.75. The van der Waals surface area contributed by atoms with E-state index in [1.54, 1.807) is 0 Å². The Morgan fingerprint density at radius 2 is 2.30 bits per heavy atom. The van der Waals surface area contributed by atoms with Crippen molar-refractivity contribution in [1.82, 2.24) is 10.1 Å². The third-order valence-corrected chi connectivity index (χ3v) is 2.13. The van der Waals surface area contributed by atoms with Crippen molar-refractivity contribution < 1.29 is 0 Å². The maximum atomic E-state index is 3.55. The molecule has 0 unspecified atom stereocenters. The van der Waals surface area contributed by atoms with Gasteiger partial charge in [0.25, 0.3) is 0 Å². The number of rotatable bonds is 1. The van der Waals surface area contributed by atoms with Crippen LogP contribution in [0, 0.1) is 0 Å². The fraction of sp³-hybridized carbons (Fsp3) is 1.00. The Morgan fingerprint density at radius 1 is 1.60 bits per heavy atom. The normalized spacial score (nSPS) is 36.2. The zero-order valence-electron chi connectivity index (χ0n) is 7.22. The highest BCUT2D eigenvalue weighted by atomic mass is 15.2. The van der Waals surface area contributed by atoms with Gasteiger partial charge in [-0.25, -0.2) is 0 Å². The highest BCUT2D eigenvalue weighted by molar-refractivity contribution is 6.04. The molecule has 0 aromatic rings. The van der Waals surface area contributed by atoms with E-state index in [-0.39, 0.29) is 0 Å². The first-order valence-corrected chi connectivity index (χ1v) is 4.17. The van der Waals surface area contributed by atoms with Gasteiger partial charge in [0.05, 0.1) is 0 Å². The molecule has 1 heterocycles. The van der Waals surface area contributed by atoms with Crippen LogP contribution in [0.15, 0.2) is 0 Å². The van der Waals surface area contributed by atoms with Crippen molar-refractivity contribution in [3.8, 4) is 0 Å². The Labute approximate surface area is 64.4 Å². The fourth-order valence-corrected chi connectivity index (χ4v) is 1.67. The van der Waals surface area contributed by atoms with Gasteiger partial charge in [0, 0.05) is 25.2 Å². The molecule has 1 fully saturated rings. The zero-order valence-corrected chi connectivity index (χ0v) is 7.22. The number of hydrogen-bond donors (Lipinski definition) is 1. The van der Waals surface area contributed by atoms with Crippen molar-refractivity contribution in [2.75, 3.05) is 13.1 Å². The average Bonchev–Trinajstić information content (AvgIpc) is 1.85. The Balaban J connectivity index is 2.35. The Morgan fingerprint density at radius 3 is 2.80 bits per heavy atom. The molecular formula is C7H17BN2. The first-order valence-electron chi connectivity index (χ1n) is 4.17. The molecule has 1 saturated heterocycles. The van der Waals surface area contributed by atoms with Crippen LogP contribution in [0.3, 0.4) is 0 Å². The summed E-state index contributed by atoms with van der Waals surface area (Å²) >= 11 is 0. The largest absolute Gasteiger partial charge is 0.346 e. The quantitative estimate of drug-likeness (QED) is 0.499. The summed E-state index contributed by atoms with van der Waals surface area (Å²) in [6.07, 6.45) is 1.24. The summed E-state index contributed by atoms with van der Waals surface area (Å²) in [5.41, 5.74) is 0. The minimum Gasteiger partial charge on any atom is -0.346 e. The van der Waals surface area contributed by atoms with Crippen LogP contribution < -0.4 is 5.32 Å². The Hall–Kier alpha value is -0.0151. The van der Waals surface area contributed by atoms with Crippen LogP contribution in [-0.4, -0.2) is 38.0 Å². The molecule has 0 aromatic carbocycles. The highest BCUT2D eigenvalue weighted by Gasteiger charge is 2.18. The lowest BCUT2D eigenvalue weighted by Gasteiger charge is -2.35. The van der Waals surface area contributed by atoms with E-state index in [0.717, 1.165) is 0 Å². The predicted molar refractivity (Wildman–Crippen MR) is 46.8 cm³/mol. The van der Waals surface area contributed by atoms with Crippen molar-refractivity contribution >= 4 is 7.98 Å². The summed E-state index contributed by atoms with van der Waals surface area (Å²) in [6.45, 7) is 6.89. The lowest BCUT2D eigenvalue weighted by molar-refractivity contribution is 0.256. The van der Waals surface area contributed by atoms with E-state index in [4.69, 9.17) is 0 Å². The molecule has 58 valence electrons. The van der Waals surface area contributed by atoms with Crippen molar-refractivity contribution in [3.05, 3.63) is 0 Å². The van der Waals surface area contributed by atoms with Gasteiger partial charge < -0.3 is 10.1 Å². The molecule has 2 atom stereocenters. The minimum absolute atomic E-state index is 0.670. The number of nitrogens with zero attached hydrogens (tertiary/aromatic N) is 1. The summed E-state index contributed by atoms with van der Waals surface area (Å²) in [6, 6.07) is 1.39. The molecule has 0 aromatic heterocycles. The number of piperazine rings is 1. The van der Waals surface area contributed by atoms with Crippen molar-refractivity contribution in [1.29, 1.82) is 0 Å². The fourth-order valence-electron chi connectivity index (χ4n) is 1.67. The molecule has 0 amide bonds. The predicted octanol–water partition coefficient (Wildman–Crippen LogP) is -0.393. The van der Waals surface area contributed by atoms with Gasteiger partial charge in [-0.1, -0.05) is 6.92 Å². The summed E-state index contributed by atoms with van der Waals surface area (Å²) in [5, 5.41) is 3.55. The molecule has 0 radical (unpaired) electrons. The van der Waals surface area contributed by atoms with Gasteiger partial charge in [0.1, 0.15) is 0 Å². The molecule has 0 aliphatic carbocycles. The van der Waals surface area contributed by atoms with E-state index in [9.17, 15) is 0 Å². The van der Waals surface area contributed by atoms with Gasteiger partial charge in [-0.3, -0.25) is 0 Å². The number of nitrogens with one attached hydrogen (secondary N) is 1. The summed E-state index contributed by atoms with van der Waals surface area (Å²) in [5.74, 6) is 0. The van der Waals surface area contributed by atoms with Crippen LogP contribution in [0.5, 0.6) is 0 Å². The zero-order chi connectivity index (χ0) is 7.56. The van der Waals surface area contributed by atoms with Crippen molar-refractivity contribution in [2.45, 2.75) is 32.4 Å². The van der Waals surface area contributed by atoms with E-state index in [1.165, 1.54) is 19.5 Å². The first kappa shape index (κ1) is 8.09. The van der Waals surface area contributed by atoms with Gasteiger partial charge in [-0.05, 0) is 13.3 Å². The monoisotopic (exact) mass is 140 g/mol. The molecule has 0 bridgehead atoms. The highest BCUT2D eigenvalue weighted by Crippen LogP contribution is 2.03. The van der Waals surface area contributed by atoms with Gasteiger partial charge in [0.2, 0.25) is 0 Å². The first-order chi connectivity index (χ1) is 4.72. The van der Waals surface area contributed by atoms with Gasteiger partial charge >= 0.3 is 0 Å². The Bertz CT molecular complexity index is 97.8. The number of hydrogen-bond acceptors (Lipinski definition) is 2. The molecule has 10 heavy (non-hydrogen) atoms. The second kappa shape index (κ2) is 3.40. The van der Waals surface area contributed by atoms with Crippen LogP contribution in [0.2, 0.25) is 0 Å². The maximum absolute atomic E-state index is 3.55. The second-order valence-electron chi connectivity index (χ2n) is 3.39. The minimum atomic E-state index is 0.670. The smallest absolute Gasteiger partial charge is 0.185 e. The molecule has 1 aliphatic heterocycles. The lowest BCUT2D eigenvalue weighted by atomic mass is 10.1. The summed E-state index contributed by atoms with van der Waals surface area (Å²) in [7, 11) is 2.19. The van der Waals surface area contributed by atoms with E-state index < -0.39 is 0 Å². The SMILES string of the molecule is BN1C[C@H](CC)N[C@@H](C)C1. The summed E-state index contributed by atoms with van der Waals surface area (Å²) < 4.78 is 0. The second-order valence-corrected chi connectivity index (χ2v) is 3.39. The third-order valence-electron chi connectivity index (χ3n) is 2.13. The molecule has 0 spiro atoms. The molecule has 1 aliphatic rings. The third kappa shape index (κ3) is 1.99. The molecule has 3 heteroatoms. The summed E-state index contributed by atoms with van der Waals surface area (Å²) in [4.78, 5) is 2.40. The molecule has 1 rings (SSSR count). The molecule has 2 nitrogen and oxygen atoms in total. The van der Waals surface area contributed by atoms with Crippen LogP contribution in [0.4, 0.5) is 0 Å². The van der Waals surface area contributed by atoms with Gasteiger partial charge in [0.15, 0.2) is 7.98 Å². The van der Waals surface area contributed by atoms with Gasteiger partial charge in [-0.2, -0.15) is 0 Å². The van der Waals surface area contributed by atoms with Crippen molar-refractivity contribution in [3.63, 3.8) is 0 Å². The van der Waals surface area contributed by atoms with E-state index in [1.807, 2.05) is 0 Å². The van der Waals surface area contributed by atoms with Crippen LogP contribution in [0.25, 0.3) is 0 Å². The average molecular weight is 140 g/mol. The van der Waals surface area contributed by atoms with Crippen LogP contribution in [0.1, 0.15) is 20.3 Å². The van der Waals surface area contributed by atoms with Gasteiger partial charge in [-0.15, -0.1) is 0 Å². The molecular weight excluding hydrogens is 123 g/mol. The molecule has 1 N–H and O–H groups in total. The maximum Gasteiger partial charge on any atom is 0.185 e. The van der Waals surface area contributed by atoms with Crippen molar-refractivity contribution in [2.24, 2.45) is 0 Å². The lowest BCUT2D eigenvalue weighted by Crippen LogP contribution is -2.54. The standard InChI is InChI=1S/C7H17BN2/c1-3-7-5-10(8)4-6(2)9-7/h6-7,9H,3-5,8H2,1-2H3/t6-,7-/m0/s1. The van der Waals surface area contributed by atoms with Crippen LogP contribution >= 0.6 is 0 Å². The van der Waals surface area contributed by atoms with E-state index in [0.29, 0.717) is 12.1 Å². The van der Waals surface area contributed by atoms with Crippen LogP contribution in [-0.2, 0) is 0 Å².